The fourth-order valence-electron chi connectivity index (χ4n) is 1.85. The average Bonchev–Trinajstić information content (AvgIpc) is 2.35. The van der Waals surface area contributed by atoms with Gasteiger partial charge in [0.05, 0.1) is 5.56 Å². The molecule has 2 aromatic rings. The van der Waals surface area contributed by atoms with Crippen molar-refractivity contribution >= 4 is 5.78 Å². The van der Waals surface area contributed by atoms with Crippen molar-refractivity contribution in [2.75, 3.05) is 0 Å². The Bertz CT molecular complexity index is 570. The molecular formula is C16H15FO. The highest BCUT2D eigenvalue weighted by molar-refractivity contribution is 5.97. The van der Waals surface area contributed by atoms with Crippen molar-refractivity contribution in [3.63, 3.8) is 0 Å². The molecule has 18 heavy (non-hydrogen) atoms. The van der Waals surface area contributed by atoms with Crippen LogP contribution in [0.2, 0.25) is 0 Å². The van der Waals surface area contributed by atoms with Gasteiger partial charge in [-0.2, -0.15) is 0 Å². The standard InChI is InChI=1S/C16H15FO/c1-11-6-8-13(9-7-11)10-15(18)14-5-3-4-12(2)16(14)17/h3-9H,10H2,1-2H3. The summed E-state index contributed by atoms with van der Waals surface area (Å²) in [5.74, 6) is -0.588. The largest absolute Gasteiger partial charge is 0.294 e. The molecule has 0 saturated carbocycles. The maximum absolute atomic E-state index is 13.8. The molecule has 0 aliphatic carbocycles. The van der Waals surface area contributed by atoms with Gasteiger partial charge >= 0.3 is 0 Å². The summed E-state index contributed by atoms with van der Waals surface area (Å²) >= 11 is 0. The predicted molar refractivity (Wildman–Crippen MR) is 70.4 cm³/mol. The molecule has 0 atom stereocenters. The number of carbonyl (C=O) groups is 1. The van der Waals surface area contributed by atoms with Gasteiger partial charge in [-0.05, 0) is 31.0 Å². The quantitative estimate of drug-likeness (QED) is 0.747. The molecule has 0 unspecified atom stereocenters. The molecule has 0 N–H and O–H groups in total. The van der Waals surface area contributed by atoms with Crippen LogP contribution < -0.4 is 0 Å². The summed E-state index contributed by atoms with van der Waals surface area (Å²) in [4.78, 5) is 12.0. The molecule has 92 valence electrons. The van der Waals surface area contributed by atoms with E-state index in [1.54, 1.807) is 25.1 Å². The molecule has 0 amide bonds. The number of carbonyl (C=O) groups excluding carboxylic acids is 1. The zero-order chi connectivity index (χ0) is 13.1. The summed E-state index contributed by atoms with van der Waals surface area (Å²) in [7, 11) is 0. The highest BCUT2D eigenvalue weighted by Crippen LogP contribution is 2.15. The summed E-state index contributed by atoms with van der Waals surface area (Å²) in [5.41, 5.74) is 2.74. The van der Waals surface area contributed by atoms with E-state index < -0.39 is 5.82 Å². The first-order valence-electron chi connectivity index (χ1n) is 5.92. The van der Waals surface area contributed by atoms with E-state index in [2.05, 4.69) is 0 Å². The van der Waals surface area contributed by atoms with E-state index in [-0.39, 0.29) is 17.8 Å². The normalized spacial score (nSPS) is 10.4. The van der Waals surface area contributed by atoms with E-state index in [4.69, 9.17) is 0 Å². The SMILES string of the molecule is Cc1ccc(CC(=O)c2cccc(C)c2F)cc1. The van der Waals surface area contributed by atoms with Gasteiger partial charge in [-0.3, -0.25) is 4.79 Å². The summed E-state index contributed by atoms with van der Waals surface area (Å²) in [6.45, 7) is 3.66. The van der Waals surface area contributed by atoms with Crippen LogP contribution in [0.25, 0.3) is 0 Å². The number of aryl methyl sites for hydroxylation is 2. The first kappa shape index (κ1) is 12.5. The third-order valence-corrected chi connectivity index (χ3v) is 2.98. The van der Waals surface area contributed by atoms with Crippen LogP contribution in [0, 0.1) is 19.7 Å². The Morgan fingerprint density at radius 3 is 2.39 bits per heavy atom. The van der Waals surface area contributed by atoms with E-state index in [9.17, 15) is 9.18 Å². The van der Waals surface area contributed by atoms with Crippen molar-refractivity contribution in [3.8, 4) is 0 Å². The molecule has 0 bridgehead atoms. The van der Waals surface area contributed by atoms with E-state index in [0.29, 0.717) is 5.56 Å². The third-order valence-electron chi connectivity index (χ3n) is 2.98. The van der Waals surface area contributed by atoms with Crippen LogP contribution in [0.5, 0.6) is 0 Å². The zero-order valence-corrected chi connectivity index (χ0v) is 10.5. The minimum Gasteiger partial charge on any atom is -0.294 e. The Morgan fingerprint density at radius 2 is 1.72 bits per heavy atom. The topological polar surface area (TPSA) is 17.1 Å². The van der Waals surface area contributed by atoms with Gasteiger partial charge in [-0.15, -0.1) is 0 Å². The second-order valence-corrected chi connectivity index (χ2v) is 4.52. The van der Waals surface area contributed by atoms with Crippen molar-refractivity contribution < 1.29 is 9.18 Å². The lowest BCUT2D eigenvalue weighted by atomic mass is 10.0. The molecule has 2 rings (SSSR count). The summed E-state index contributed by atoms with van der Waals surface area (Å²) in [5, 5.41) is 0. The predicted octanol–water partition coefficient (Wildman–Crippen LogP) is 3.87. The molecule has 0 heterocycles. The number of benzene rings is 2. The minimum atomic E-state index is -0.408. The van der Waals surface area contributed by atoms with Gasteiger partial charge in [-0.1, -0.05) is 42.0 Å². The van der Waals surface area contributed by atoms with Gasteiger partial charge in [0.2, 0.25) is 0 Å². The average molecular weight is 242 g/mol. The fraction of sp³-hybridized carbons (Fsp3) is 0.188. The van der Waals surface area contributed by atoms with E-state index in [0.717, 1.165) is 11.1 Å². The number of rotatable bonds is 3. The van der Waals surface area contributed by atoms with Crippen LogP contribution in [-0.4, -0.2) is 5.78 Å². The smallest absolute Gasteiger partial charge is 0.170 e. The van der Waals surface area contributed by atoms with Crippen LogP contribution >= 0.6 is 0 Å². The molecule has 0 aliphatic rings. The van der Waals surface area contributed by atoms with Gasteiger partial charge in [-0.25, -0.2) is 4.39 Å². The molecule has 2 aromatic carbocycles. The first-order valence-corrected chi connectivity index (χ1v) is 5.92. The molecule has 0 aliphatic heterocycles. The van der Waals surface area contributed by atoms with Crippen LogP contribution in [0.1, 0.15) is 27.0 Å². The maximum Gasteiger partial charge on any atom is 0.170 e. The molecule has 0 saturated heterocycles. The molecule has 0 spiro atoms. The summed E-state index contributed by atoms with van der Waals surface area (Å²) < 4.78 is 13.8. The van der Waals surface area contributed by atoms with Gasteiger partial charge in [0, 0.05) is 6.42 Å². The number of hydrogen-bond donors (Lipinski definition) is 0. The fourth-order valence-corrected chi connectivity index (χ4v) is 1.85. The van der Waals surface area contributed by atoms with E-state index in [1.807, 2.05) is 31.2 Å². The van der Waals surface area contributed by atoms with Gasteiger partial charge < -0.3 is 0 Å². The van der Waals surface area contributed by atoms with Crippen LogP contribution in [-0.2, 0) is 6.42 Å². The Labute approximate surface area is 106 Å². The second-order valence-electron chi connectivity index (χ2n) is 4.52. The van der Waals surface area contributed by atoms with Crippen LogP contribution in [0.15, 0.2) is 42.5 Å². The van der Waals surface area contributed by atoms with E-state index >= 15 is 0 Å². The Balaban J connectivity index is 2.22. The molecule has 1 nitrogen and oxygen atoms in total. The number of Topliss-reactive ketones (excluding diaryl/α,β-unsaturated/α-hetero) is 1. The summed E-state index contributed by atoms with van der Waals surface area (Å²) in [6, 6.07) is 12.6. The van der Waals surface area contributed by atoms with Gasteiger partial charge in [0.15, 0.2) is 5.78 Å². The van der Waals surface area contributed by atoms with E-state index in [1.165, 1.54) is 0 Å². The van der Waals surface area contributed by atoms with Gasteiger partial charge in [0.25, 0.3) is 0 Å². The van der Waals surface area contributed by atoms with Crippen molar-refractivity contribution in [1.29, 1.82) is 0 Å². The van der Waals surface area contributed by atoms with Crippen LogP contribution in [0.4, 0.5) is 4.39 Å². The Morgan fingerprint density at radius 1 is 1.06 bits per heavy atom. The van der Waals surface area contributed by atoms with Crippen molar-refractivity contribution in [2.24, 2.45) is 0 Å². The number of ketones is 1. The highest BCUT2D eigenvalue weighted by Gasteiger charge is 2.13. The molecule has 0 aromatic heterocycles. The maximum atomic E-state index is 13.8. The first-order chi connectivity index (χ1) is 8.58. The van der Waals surface area contributed by atoms with Crippen molar-refractivity contribution in [2.45, 2.75) is 20.3 Å². The highest BCUT2D eigenvalue weighted by atomic mass is 19.1. The van der Waals surface area contributed by atoms with Crippen molar-refractivity contribution in [1.82, 2.24) is 0 Å². The summed E-state index contributed by atoms with van der Waals surface area (Å²) in [6.07, 6.45) is 0.237. The third kappa shape index (κ3) is 2.65. The number of hydrogen-bond acceptors (Lipinski definition) is 1. The van der Waals surface area contributed by atoms with Crippen molar-refractivity contribution in [3.05, 3.63) is 70.5 Å². The lowest BCUT2D eigenvalue weighted by Gasteiger charge is -2.05. The Hall–Kier alpha value is -1.96. The molecule has 2 heteroatoms. The zero-order valence-electron chi connectivity index (χ0n) is 10.5. The number of halogens is 1. The Kier molecular flexibility index (Phi) is 3.56. The monoisotopic (exact) mass is 242 g/mol. The molecular weight excluding hydrogens is 227 g/mol. The molecule has 0 radical (unpaired) electrons. The minimum absolute atomic E-state index is 0.176. The lowest BCUT2D eigenvalue weighted by Crippen LogP contribution is -2.07. The van der Waals surface area contributed by atoms with Crippen LogP contribution in [0.3, 0.4) is 0 Å². The lowest BCUT2D eigenvalue weighted by molar-refractivity contribution is 0.0989. The molecule has 0 fully saturated rings. The second kappa shape index (κ2) is 5.13. The van der Waals surface area contributed by atoms with Gasteiger partial charge in [0.1, 0.15) is 5.82 Å².